The molecule has 3 rings (SSSR count). The highest BCUT2D eigenvalue weighted by atomic mass is 16.5. The van der Waals surface area contributed by atoms with E-state index in [0.717, 1.165) is 4.68 Å². The summed E-state index contributed by atoms with van der Waals surface area (Å²) in [5.74, 6) is -2.10. The molecule has 9 nitrogen and oxygen atoms in total. The second-order valence-electron chi connectivity index (χ2n) is 6.01. The lowest BCUT2D eigenvalue weighted by Crippen LogP contribution is -2.32. The lowest BCUT2D eigenvalue weighted by molar-refractivity contribution is -0.154. The van der Waals surface area contributed by atoms with Crippen LogP contribution < -0.4 is 11.1 Å². The molecule has 0 saturated carbocycles. The van der Waals surface area contributed by atoms with Crippen LogP contribution in [0.2, 0.25) is 0 Å². The highest BCUT2D eigenvalue weighted by Crippen LogP contribution is 2.14. The Morgan fingerprint density at radius 1 is 1.21 bits per heavy atom. The third-order valence-electron chi connectivity index (χ3n) is 3.86. The number of esters is 1. The van der Waals surface area contributed by atoms with Gasteiger partial charge in [-0.2, -0.15) is 9.94 Å². The molecule has 1 N–H and O–H groups in total. The van der Waals surface area contributed by atoms with Crippen molar-refractivity contribution >= 4 is 17.6 Å². The minimum absolute atomic E-state index is 0.0787. The minimum Gasteiger partial charge on any atom is -0.451 e. The second kappa shape index (κ2) is 8.67. The topological polar surface area (TPSA) is 127 Å². The molecule has 9 heteroatoms. The van der Waals surface area contributed by atoms with Crippen molar-refractivity contribution in [3.63, 3.8) is 0 Å². The van der Waals surface area contributed by atoms with Gasteiger partial charge in [-0.15, -0.1) is 5.10 Å². The van der Waals surface area contributed by atoms with E-state index in [4.69, 9.17) is 14.4 Å². The zero-order valence-corrected chi connectivity index (χ0v) is 15.4. The first-order chi connectivity index (χ1) is 14.0. The zero-order valence-electron chi connectivity index (χ0n) is 15.4. The quantitative estimate of drug-likeness (QED) is 0.635. The Morgan fingerprint density at radius 3 is 2.55 bits per heavy atom. The molecule has 1 heterocycles. The molecule has 3 aromatic rings. The van der Waals surface area contributed by atoms with Crippen molar-refractivity contribution in [2.24, 2.45) is 0 Å². The monoisotopic (exact) mass is 392 g/mol. The number of rotatable bonds is 6. The van der Waals surface area contributed by atoms with Gasteiger partial charge >= 0.3 is 11.7 Å². The number of hydrogen-bond donors (Lipinski definition) is 1. The fraction of sp³-hybridized carbons (Fsp3) is 0.150. The molecule has 1 aromatic heterocycles. The number of amides is 1. The number of anilines is 1. The fourth-order valence-corrected chi connectivity index (χ4v) is 2.39. The maximum Gasteiger partial charge on any atom is 0.437 e. The lowest BCUT2D eigenvalue weighted by atomic mass is 10.2. The summed E-state index contributed by atoms with van der Waals surface area (Å²) in [5.41, 5.74) is 1.50. The summed E-state index contributed by atoms with van der Waals surface area (Å²) >= 11 is 0. The molecule has 1 atom stereocenters. The van der Waals surface area contributed by atoms with E-state index < -0.39 is 30.3 Å². The van der Waals surface area contributed by atoms with Gasteiger partial charge in [-0.05, 0) is 43.3 Å². The zero-order chi connectivity index (χ0) is 20.8. The number of nitrogens with one attached hydrogen (secondary N) is 1. The van der Waals surface area contributed by atoms with Crippen molar-refractivity contribution in [2.75, 3.05) is 5.32 Å². The van der Waals surface area contributed by atoms with Crippen LogP contribution in [0.1, 0.15) is 12.5 Å². The molecular weight excluding hydrogens is 376 g/mol. The number of aromatic nitrogens is 2. The molecule has 0 aliphatic rings. The van der Waals surface area contributed by atoms with Gasteiger partial charge in [0.05, 0.1) is 11.6 Å². The first-order valence-corrected chi connectivity index (χ1v) is 8.60. The van der Waals surface area contributed by atoms with E-state index in [9.17, 15) is 14.4 Å². The standard InChI is InChI=1S/C20H16N4O5/c1-13(18(26)22-16-9-7-14(11-21)8-10-16)28-17(25)12-24-20(27)29-19(23-24)15-5-3-2-4-6-15/h2-10,13H,12H2,1H3,(H,22,26)/t13-/m1/s1. The SMILES string of the molecule is C[C@@H](OC(=O)Cn1nc(-c2ccccc2)oc1=O)C(=O)Nc1ccc(C#N)cc1. The minimum atomic E-state index is -1.10. The van der Waals surface area contributed by atoms with Gasteiger partial charge in [-0.3, -0.25) is 9.59 Å². The summed E-state index contributed by atoms with van der Waals surface area (Å²) in [6.45, 7) is 0.904. The van der Waals surface area contributed by atoms with Gasteiger partial charge in [-0.1, -0.05) is 18.2 Å². The van der Waals surface area contributed by atoms with E-state index in [1.54, 1.807) is 54.6 Å². The van der Waals surface area contributed by atoms with Crippen molar-refractivity contribution < 1.29 is 18.7 Å². The van der Waals surface area contributed by atoms with Crippen molar-refractivity contribution in [1.82, 2.24) is 9.78 Å². The molecule has 0 unspecified atom stereocenters. The van der Waals surface area contributed by atoms with Crippen LogP contribution in [0.5, 0.6) is 0 Å². The first kappa shape index (κ1) is 19.6. The maximum absolute atomic E-state index is 12.2. The third kappa shape index (κ3) is 4.95. The number of nitrogens with zero attached hydrogens (tertiary/aromatic N) is 3. The molecule has 1 amide bonds. The Hall–Kier alpha value is -4.19. The van der Waals surface area contributed by atoms with Crippen LogP contribution in [0.3, 0.4) is 0 Å². The van der Waals surface area contributed by atoms with Crippen LogP contribution in [0.4, 0.5) is 5.69 Å². The van der Waals surface area contributed by atoms with Gasteiger partial charge in [0.2, 0.25) is 5.89 Å². The number of hydrogen-bond acceptors (Lipinski definition) is 7. The molecule has 0 spiro atoms. The number of carbonyl (C=O) groups excluding carboxylic acids is 2. The molecule has 2 aromatic carbocycles. The van der Waals surface area contributed by atoms with E-state index in [-0.39, 0.29) is 5.89 Å². The average molecular weight is 392 g/mol. The van der Waals surface area contributed by atoms with Crippen LogP contribution in [-0.2, 0) is 20.9 Å². The average Bonchev–Trinajstić information content (AvgIpc) is 3.09. The van der Waals surface area contributed by atoms with Gasteiger partial charge in [0.25, 0.3) is 5.91 Å². The normalized spacial score (nSPS) is 11.3. The van der Waals surface area contributed by atoms with Gasteiger partial charge in [0, 0.05) is 11.3 Å². The van der Waals surface area contributed by atoms with E-state index >= 15 is 0 Å². The molecule has 29 heavy (non-hydrogen) atoms. The highest BCUT2D eigenvalue weighted by Gasteiger charge is 2.20. The summed E-state index contributed by atoms with van der Waals surface area (Å²) in [6.07, 6.45) is -1.10. The Kier molecular flexibility index (Phi) is 5.85. The van der Waals surface area contributed by atoms with E-state index in [1.165, 1.54) is 6.92 Å². The van der Waals surface area contributed by atoms with E-state index in [0.29, 0.717) is 16.8 Å². The third-order valence-corrected chi connectivity index (χ3v) is 3.86. The largest absolute Gasteiger partial charge is 0.451 e. The van der Waals surface area contributed by atoms with Crippen LogP contribution in [0, 0.1) is 11.3 Å². The smallest absolute Gasteiger partial charge is 0.437 e. The predicted molar refractivity (Wildman–Crippen MR) is 102 cm³/mol. The van der Waals surface area contributed by atoms with Gasteiger partial charge in [0.1, 0.15) is 6.54 Å². The fourth-order valence-electron chi connectivity index (χ4n) is 2.39. The van der Waals surface area contributed by atoms with Crippen LogP contribution in [-0.4, -0.2) is 27.8 Å². The first-order valence-electron chi connectivity index (χ1n) is 8.60. The van der Waals surface area contributed by atoms with Crippen LogP contribution >= 0.6 is 0 Å². The van der Waals surface area contributed by atoms with Gasteiger partial charge in [0.15, 0.2) is 6.10 Å². The Morgan fingerprint density at radius 2 is 1.90 bits per heavy atom. The number of nitriles is 1. The van der Waals surface area contributed by atoms with Gasteiger partial charge in [-0.25, -0.2) is 4.79 Å². The molecule has 0 aliphatic heterocycles. The van der Waals surface area contributed by atoms with Crippen LogP contribution in [0.25, 0.3) is 11.5 Å². The van der Waals surface area contributed by atoms with Crippen molar-refractivity contribution in [2.45, 2.75) is 19.6 Å². The molecule has 0 fully saturated rings. The van der Waals surface area contributed by atoms with Crippen LogP contribution in [0.15, 0.2) is 63.8 Å². The van der Waals surface area contributed by atoms with Crippen molar-refractivity contribution in [3.05, 3.63) is 70.7 Å². The Bertz CT molecular complexity index is 1110. The lowest BCUT2D eigenvalue weighted by Gasteiger charge is -2.13. The summed E-state index contributed by atoms with van der Waals surface area (Å²) in [5, 5.41) is 15.3. The second-order valence-corrected chi connectivity index (χ2v) is 6.01. The summed E-state index contributed by atoms with van der Waals surface area (Å²) in [6, 6.07) is 16.9. The molecular formula is C20H16N4O5. The summed E-state index contributed by atoms with van der Waals surface area (Å²) in [7, 11) is 0. The molecule has 0 bridgehead atoms. The molecule has 0 aliphatic carbocycles. The molecule has 146 valence electrons. The molecule has 0 radical (unpaired) electrons. The Balaban J connectivity index is 1.58. The molecule has 0 saturated heterocycles. The van der Waals surface area contributed by atoms with Gasteiger partial charge < -0.3 is 14.5 Å². The summed E-state index contributed by atoms with van der Waals surface area (Å²) < 4.78 is 10.9. The highest BCUT2D eigenvalue weighted by molar-refractivity contribution is 5.95. The number of benzene rings is 2. The predicted octanol–water partition coefficient (Wildman–Crippen LogP) is 1.95. The maximum atomic E-state index is 12.2. The Labute approximate surface area is 165 Å². The summed E-state index contributed by atoms with van der Waals surface area (Å²) in [4.78, 5) is 36.1. The number of ether oxygens (including phenoxy) is 1. The van der Waals surface area contributed by atoms with E-state index in [1.807, 2.05) is 6.07 Å². The van der Waals surface area contributed by atoms with E-state index in [2.05, 4.69) is 10.4 Å². The van der Waals surface area contributed by atoms with Crippen molar-refractivity contribution in [1.29, 1.82) is 5.26 Å². The number of carbonyl (C=O) groups is 2. The van der Waals surface area contributed by atoms with Crippen molar-refractivity contribution in [3.8, 4) is 17.5 Å².